The molecule has 116 valence electrons. The van der Waals surface area contributed by atoms with Crippen molar-refractivity contribution in [2.45, 2.75) is 6.92 Å². The van der Waals surface area contributed by atoms with Crippen LogP contribution in [-0.4, -0.2) is 39.9 Å². The quantitative estimate of drug-likeness (QED) is 0.470. The predicted molar refractivity (Wildman–Crippen MR) is 73.3 cm³/mol. The molecule has 1 aliphatic heterocycles. The van der Waals surface area contributed by atoms with Gasteiger partial charge in [0.05, 0.1) is 24.1 Å². The first-order valence-electron chi connectivity index (χ1n) is 6.25. The molecule has 2 N–H and O–H groups in total. The molecule has 8 nitrogen and oxygen atoms in total. The second kappa shape index (κ2) is 5.90. The van der Waals surface area contributed by atoms with Gasteiger partial charge in [0.15, 0.2) is 0 Å². The molecule has 0 atom stereocenters. The summed E-state index contributed by atoms with van der Waals surface area (Å²) in [6.45, 7) is 0.865. The van der Waals surface area contributed by atoms with E-state index in [4.69, 9.17) is 5.11 Å². The number of nitro groups is 1. The number of imide groups is 1. The van der Waals surface area contributed by atoms with Crippen LogP contribution in [0.5, 0.6) is 0 Å². The average molecular weight is 309 g/mol. The molecule has 0 spiro atoms. The van der Waals surface area contributed by atoms with E-state index in [1.807, 2.05) is 0 Å². The van der Waals surface area contributed by atoms with Gasteiger partial charge in [-0.3, -0.25) is 24.6 Å². The number of amides is 2. The van der Waals surface area contributed by atoms with E-state index in [9.17, 15) is 24.1 Å². The number of aliphatic hydroxyl groups excluding tert-OH is 1. The molecular formula is C13H12FN3O5. The van der Waals surface area contributed by atoms with E-state index in [0.717, 1.165) is 23.1 Å². The number of hydrogen-bond acceptors (Lipinski definition) is 6. The summed E-state index contributed by atoms with van der Waals surface area (Å²) >= 11 is 0. The van der Waals surface area contributed by atoms with Crippen molar-refractivity contribution in [2.75, 3.05) is 18.5 Å². The van der Waals surface area contributed by atoms with Crippen LogP contribution >= 0.6 is 0 Å². The Kier molecular flexibility index (Phi) is 4.18. The molecular weight excluding hydrogens is 297 g/mol. The first kappa shape index (κ1) is 15.6. The highest BCUT2D eigenvalue weighted by atomic mass is 19.1. The zero-order chi connectivity index (χ0) is 16.4. The van der Waals surface area contributed by atoms with Gasteiger partial charge < -0.3 is 10.4 Å². The molecule has 1 heterocycles. The molecule has 0 saturated heterocycles. The molecule has 22 heavy (non-hydrogen) atoms. The number of halogens is 1. The minimum absolute atomic E-state index is 0.0651. The third-order valence-corrected chi connectivity index (χ3v) is 3.07. The Hall–Kier alpha value is -2.81. The SMILES string of the molecule is Cc1cc(F)cc([N+](=O)[O-])c1NC1=CC(=O)N(CCO)C1=O. The summed E-state index contributed by atoms with van der Waals surface area (Å²) in [4.78, 5) is 34.6. The van der Waals surface area contributed by atoms with Crippen LogP contribution in [0.3, 0.4) is 0 Å². The summed E-state index contributed by atoms with van der Waals surface area (Å²) in [6.07, 6.45) is 0.977. The smallest absolute Gasteiger partial charge is 0.295 e. The van der Waals surface area contributed by atoms with Gasteiger partial charge in [-0.2, -0.15) is 0 Å². The van der Waals surface area contributed by atoms with Crippen molar-refractivity contribution in [3.8, 4) is 0 Å². The Morgan fingerprint density at radius 1 is 1.41 bits per heavy atom. The number of hydrogen-bond donors (Lipinski definition) is 2. The van der Waals surface area contributed by atoms with Crippen LogP contribution in [0, 0.1) is 22.9 Å². The van der Waals surface area contributed by atoms with Crippen molar-refractivity contribution in [3.63, 3.8) is 0 Å². The molecule has 0 saturated carbocycles. The van der Waals surface area contributed by atoms with Gasteiger partial charge in [0.1, 0.15) is 17.2 Å². The van der Waals surface area contributed by atoms with Crippen molar-refractivity contribution in [1.82, 2.24) is 4.90 Å². The summed E-state index contributed by atoms with van der Waals surface area (Å²) in [5.74, 6) is -2.12. The molecule has 0 unspecified atom stereocenters. The Morgan fingerprint density at radius 3 is 2.68 bits per heavy atom. The van der Waals surface area contributed by atoms with Crippen LogP contribution in [-0.2, 0) is 9.59 Å². The second-order valence-corrected chi connectivity index (χ2v) is 4.58. The topological polar surface area (TPSA) is 113 Å². The third kappa shape index (κ3) is 2.79. The molecule has 1 aliphatic rings. The van der Waals surface area contributed by atoms with Crippen LogP contribution in [0.25, 0.3) is 0 Å². The molecule has 0 radical (unpaired) electrons. The number of carbonyl (C=O) groups excluding carboxylic acids is 2. The maximum absolute atomic E-state index is 13.3. The van der Waals surface area contributed by atoms with Gasteiger partial charge in [-0.1, -0.05) is 0 Å². The summed E-state index contributed by atoms with van der Waals surface area (Å²) in [6, 6.07) is 1.80. The Labute approximate surface area is 124 Å². The summed E-state index contributed by atoms with van der Waals surface area (Å²) in [5, 5.41) is 22.3. The van der Waals surface area contributed by atoms with Gasteiger partial charge >= 0.3 is 0 Å². The highest BCUT2D eigenvalue weighted by molar-refractivity contribution is 6.17. The molecule has 2 amide bonds. The molecule has 0 aromatic heterocycles. The molecule has 1 aromatic rings. The highest BCUT2D eigenvalue weighted by Gasteiger charge is 2.32. The van der Waals surface area contributed by atoms with Gasteiger partial charge in [0, 0.05) is 6.08 Å². The van der Waals surface area contributed by atoms with Crippen LogP contribution in [0.4, 0.5) is 15.8 Å². The van der Waals surface area contributed by atoms with E-state index >= 15 is 0 Å². The predicted octanol–water partition coefficient (Wildman–Crippen LogP) is 0.699. The standard InChI is InChI=1S/C13H12FN3O5/c1-7-4-8(14)5-10(17(21)22)12(7)15-9-6-11(19)16(2-3-18)13(9)20/h4-6,15,18H,2-3H2,1H3. The zero-order valence-corrected chi connectivity index (χ0v) is 11.5. The lowest BCUT2D eigenvalue weighted by Crippen LogP contribution is -2.34. The van der Waals surface area contributed by atoms with Crippen LogP contribution in [0.15, 0.2) is 23.9 Å². The van der Waals surface area contributed by atoms with Gasteiger partial charge in [0.2, 0.25) is 0 Å². The van der Waals surface area contributed by atoms with Gasteiger partial charge in [-0.05, 0) is 18.6 Å². The van der Waals surface area contributed by atoms with Gasteiger partial charge in [-0.25, -0.2) is 4.39 Å². The molecule has 0 bridgehead atoms. The fraction of sp³-hybridized carbons (Fsp3) is 0.231. The first-order valence-corrected chi connectivity index (χ1v) is 6.25. The largest absolute Gasteiger partial charge is 0.395 e. The maximum atomic E-state index is 13.3. The Bertz CT molecular complexity index is 701. The van der Waals surface area contributed by atoms with E-state index in [0.29, 0.717) is 0 Å². The minimum atomic E-state index is -0.786. The van der Waals surface area contributed by atoms with Gasteiger partial charge in [0.25, 0.3) is 17.5 Å². The molecule has 9 heteroatoms. The average Bonchev–Trinajstić information content (AvgIpc) is 2.69. The third-order valence-electron chi connectivity index (χ3n) is 3.07. The Morgan fingerprint density at radius 2 is 2.09 bits per heavy atom. The first-order chi connectivity index (χ1) is 10.3. The van der Waals surface area contributed by atoms with Crippen molar-refractivity contribution < 1.29 is 24.0 Å². The number of benzene rings is 1. The normalized spacial score (nSPS) is 14.3. The van der Waals surface area contributed by atoms with E-state index in [-0.39, 0.29) is 23.5 Å². The monoisotopic (exact) mass is 309 g/mol. The highest BCUT2D eigenvalue weighted by Crippen LogP contribution is 2.31. The number of nitro benzene ring substituents is 1. The fourth-order valence-corrected chi connectivity index (χ4v) is 2.08. The van der Waals surface area contributed by atoms with Crippen molar-refractivity contribution in [2.24, 2.45) is 0 Å². The molecule has 0 aliphatic carbocycles. The van der Waals surface area contributed by atoms with E-state index in [2.05, 4.69) is 5.32 Å². The number of anilines is 1. The number of aliphatic hydroxyl groups is 1. The summed E-state index contributed by atoms with van der Waals surface area (Å²) in [5.41, 5.74) is -0.561. The molecule has 1 aromatic carbocycles. The van der Waals surface area contributed by atoms with Crippen molar-refractivity contribution in [3.05, 3.63) is 45.4 Å². The number of nitrogens with one attached hydrogen (secondary N) is 1. The Balaban J connectivity index is 2.36. The van der Waals surface area contributed by atoms with Crippen LogP contribution < -0.4 is 5.32 Å². The van der Waals surface area contributed by atoms with Crippen molar-refractivity contribution in [1.29, 1.82) is 0 Å². The zero-order valence-electron chi connectivity index (χ0n) is 11.5. The number of β-amino-alcohol motifs (C(OH)–C–C–N with tert-alkyl or cyclic N) is 1. The fourth-order valence-electron chi connectivity index (χ4n) is 2.08. The number of rotatable bonds is 5. The minimum Gasteiger partial charge on any atom is -0.395 e. The number of nitrogens with zero attached hydrogens (tertiary/aromatic N) is 2. The lowest BCUT2D eigenvalue weighted by Gasteiger charge is -2.14. The molecule has 2 rings (SSSR count). The number of carbonyl (C=O) groups is 2. The van der Waals surface area contributed by atoms with Crippen molar-refractivity contribution >= 4 is 23.2 Å². The lowest BCUT2D eigenvalue weighted by atomic mass is 10.1. The van der Waals surface area contributed by atoms with E-state index < -0.39 is 34.8 Å². The summed E-state index contributed by atoms with van der Waals surface area (Å²) in [7, 11) is 0. The molecule has 0 fully saturated rings. The van der Waals surface area contributed by atoms with Gasteiger partial charge in [-0.15, -0.1) is 0 Å². The van der Waals surface area contributed by atoms with Crippen LogP contribution in [0.2, 0.25) is 0 Å². The van der Waals surface area contributed by atoms with Crippen LogP contribution in [0.1, 0.15) is 5.56 Å². The second-order valence-electron chi connectivity index (χ2n) is 4.58. The van der Waals surface area contributed by atoms with E-state index in [1.54, 1.807) is 0 Å². The number of aryl methyl sites for hydroxylation is 1. The summed E-state index contributed by atoms with van der Waals surface area (Å²) < 4.78 is 13.3. The maximum Gasteiger partial charge on any atom is 0.295 e. The van der Waals surface area contributed by atoms with E-state index in [1.165, 1.54) is 6.92 Å². The lowest BCUT2D eigenvalue weighted by molar-refractivity contribution is -0.384.